The van der Waals surface area contributed by atoms with Crippen molar-refractivity contribution in [2.24, 2.45) is 0 Å². The summed E-state index contributed by atoms with van der Waals surface area (Å²) < 4.78 is 0. The van der Waals surface area contributed by atoms with Gasteiger partial charge in [-0.2, -0.15) is 0 Å². The summed E-state index contributed by atoms with van der Waals surface area (Å²) in [6, 6.07) is 4.88. The maximum atomic E-state index is 9.68. The number of hydrogen-bond donors (Lipinski definition) is 2. The summed E-state index contributed by atoms with van der Waals surface area (Å²) >= 11 is 1.77. The van der Waals surface area contributed by atoms with E-state index in [1.165, 1.54) is 4.88 Å². The normalized spacial score (nSPS) is 29.3. The van der Waals surface area contributed by atoms with Crippen LogP contribution in [-0.4, -0.2) is 17.3 Å². The van der Waals surface area contributed by atoms with Crippen LogP contribution in [0.2, 0.25) is 0 Å². The lowest BCUT2D eigenvalue weighted by atomic mass is 10.1. The highest BCUT2D eigenvalue weighted by atomic mass is 32.1. The zero-order chi connectivity index (χ0) is 9.97. The van der Waals surface area contributed by atoms with Crippen molar-refractivity contribution in [2.45, 2.75) is 44.4 Å². The van der Waals surface area contributed by atoms with Gasteiger partial charge in [-0.05, 0) is 37.6 Å². The van der Waals surface area contributed by atoms with Crippen molar-refractivity contribution >= 4 is 11.3 Å². The molecule has 1 fully saturated rings. The molecule has 2 nitrogen and oxygen atoms in total. The molecule has 0 amide bonds. The molecule has 0 saturated heterocycles. The van der Waals surface area contributed by atoms with E-state index in [0.29, 0.717) is 12.1 Å². The van der Waals surface area contributed by atoms with Gasteiger partial charge >= 0.3 is 0 Å². The molecule has 1 heterocycles. The first kappa shape index (κ1) is 10.1. The quantitative estimate of drug-likeness (QED) is 0.804. The van der Waals surface area contributed by atoms with Crippen LogP contribution in [0.1, 0.15) is 37.1 Å². The van der Waals surface area contributed by atoms with Crippen LogP contribution in [-0.2, 0) is 0 Å². The smallest absolute Gasteiger partial charge is 0.0693 e. The van der Waals surface area contributed by atoms with Crippen molar-refractivity contribution in [2.75, 3.05) is 0 Å². The van der Waals surface area contributed by atoms with Crippen molar-refractivity contribution in [3.8, 4) is 0 Å². The van der Waals surface area contributed by atoms with Gasteiger partial charge in [-0.1, -0.05) is 6.07 Å². The van der Waals surface area contributed by atoms with Crippen LogP contribution >= 0.6 is 11.3 Å². The van der Waals surface area contributed by atoms with Crippen LogP contribution in [0.25, 0.3) is 0 Å². The van der Waals surface area contributed by atoms with Gasteiger partial charge in [0.15, 0.2) is 0 Å². The molecule has 0 aromatic carbocycles. The summed E-state index contributed by atoms with van der Waals surface area (Å²) in [5.74, 6) is 0. The predicted molar refractivity (Wildman–Crippen MR) is 59.5 cm³/mol. The van der Waals surface area contributed by atoms with Crippen LogP contribution in [0, 0.1) is 0 Å². The number of hydrogen-bond acceptors (Lipinski definition) is 3. The van der Waals surface area contributed by atoms with Crippen LogP contribution in [0.3, 0.4) is 0 Å². The second-order valence-corrected chi connectivity index (χ2v) is 4.99. The van der Waals surface area contributed by atoms with Gasteiger partial charge in [0, 0.05) is 17.0 Å². The molecular weight excluding hydrogens is 194 g/mol. The molecule has 14 heavy (non-hydrogen) atoms. The average Bonchev–Trinajstić information content (AvgIpc) is 2.77. The minimum Gasteiger partial charge on any atom is -0.392 e. The molecule has 0 spiro atoms. The number of rotatable bonds is 3. The van der Waals surface area contributed by atoms with E-state index in [2.05, 4.69) is 29.8 Å². The molecule has 1 aromatic rings. The van der Waals surface area contributed by atoms with E-state index >= 15 is 0 Å². The molecule has 0 aliphatic heterocycles. The first-order valence-electron chi connectivity index (χ1n) is 5.25. The van der Waals surface area contributed by atoms with Crippen molar-refractivity contribution in [3.63, 3.8) is 0 Å². The summed E-state index contributed by atoms with van der Waals surface area (Å²) in [6.07, 6.45) is 3.07. The lowest BCUT2D eigenvalue weighted by Crippen LogP contribution is -2.36. The Kier molecular flexibility index (Phi) is 3.21. The minimum absolute atomic E-state index is 0.141. The maximum Gasteiger partial charge on any atom is 0.0693 e. The highest BCUT2D eigenvalue weighted by Gasteiger charge is 2.26. The molecule has 1 aliphatic rings. The van der Waals surface area contributed by atoms with Crippen LogP contribution in [0.15, 0.2) is 17.5 Å². The molecule has 1 saturated carbocycles. The highest BCUT2D eigenvalue weighted by molar-refractivity contribution is 7.10. The Hall–Kier alpha value is -0.380. The van der Waals surface area contributed by atoms with Crippen LogP contribution in [0.5, 0.6) is 0 Å². The fourth-order valence-electron chi connectivity index (χ4n) is 2.08. The maximum absolute atomic E-state index is 9.68. The van der Waals surface area contributed by atoms with Crippen LogP contribution < -0.4 is 5.32 Å². The Morgan fingerprint density at radius 2 is 2.43 bits per heavy atom. The van der Waals surface area contributed by atoms with Crippen molar-refractivity contribution in [1.82, 2.24) is 5.32 Å². The molecule has 1 unspecified atom stereocenters. The van der Waals surface area contributed by atoms with Crippen molar-refractivity contribution < 1.29 is 5.11 Å². The van der Waals surface area contributed by atoms with E-state index < -0.39 is 0 Å². The Balaban J connectivity index is 1.91. The topological polar surface area (TPSA) is 32.3 Å². The van der Waals surface area contributed by atoms with Gasteiger partial charge in [-0.15, -0.1) is 11.3 Å². The van der Waals surface area contributed by atoms with E-state index in [4.69, 9.17) is 0 Å². The highest BCUT2D eigenvalue weighted by Crippen LogP contribution is 2.24. The van der Waals surface area contributed by atoms with E-state index in [1.807, 2.05) is 0 Å². The van der Waals surface area contributed by atoms with E-state index in [1.54, 1.807) is 11.3 Å². The second kappa shape index (κ2) is 4.43. The SMILES string of the molecule is CC(N[C@H]1CCC[C@@H]1O)c1cccs1. The lowest BCUT2D eigenvalue weighted by molar-refractivity contribution is 0.144. The Morgan fingerprint density at radius 1 is 1.57 bits per heavy atom. The average molecular weight is 211 g/mol. The predicted octanol–water partition coefficient (Wildman–Crippen LogP) is 2.31. The molecule has 78 valence electrons. The first-order chi connectivity index (χ1) is 6.77. The summed E-state index contributed by atoms with van der Waals surface area (Å²) in [4.78, 5) is 1.35. The lowest BCUT2D eigenvalue weighted by Gasteiger charge is -2.21. The Labute approximate surface area is 89.0 Å². The number of nitrogens with one attached hydrogen (secondary N) is 1. The van der Waals surface area contributed by atoms with E-state index in [-0.39, 0.29) is 6.10 Å². The Morgan fingerprint density at radius 3 is 3.00 bits per heavy atom. The molecule has 3 atom stereocenters. The first-order valence-corrected chi connectivity index (χ1v) is 6.13. The second-order valence-electron chi connectivity index (χ2n) is 4.01. The molecule has 0 radical (unpaired) electrons. The summed E-state index contributed by atoms with van der Waals surface area (Å²) in [7, 11) is 0. The summed E-state index contributed by atoms with van der Waals surface area (Å²) in [5, 5.41) is 15.3. The fraction of sp³-hybridized carbons (Fsp3) is 0.636. The molecule has 1 aromatic heterocycles. The van der Waals surface area contributed by atoms with E-state index in [9.17, 15) is 5.11 Å². The standard InChI is InChI=1S/C11H17NOS/c1-8(11-6-3-7-14-11)12-9-4-2-5-10(9)13/h3,6-10,12-13H,2,4-5H2,1H3/t8?,9-,10-/m0/s1. The number of aliphatic hydroxyl groups excluding tert-OH is 1. The van der Waals surface area contributed by atoms with E-state index in [0.717, 1.165) is 19.3 Å². The third-order valence-electron chi connectivity index (χ3n) is 2.91. The Bertz CT molecular complexity index is 273. The minimum atomic E-state index is -0.141. The monoisotopic (exact) mass is 211 g/mol. The molecule has 2 rings (SSSR count). The van der Waals surface area contributed by atoms with Gasteiger partial charge in [0.25, 0.3) is 0 Å². The largest absolute Gasteiger partial charge is 0.392 e. The molecule has 2 N–H and O–H groups in total. The molecule has 3 heteroatoms. The summed E-state index contributed by atoms with van der Waals surface area (Å²) in [6.45, 7) is 2.16. The number of thiophene rings is 1. The van der Waals surface area contributed by atoms with Crippen molar-refractivity contribution in [1.29, 1.82) is 0 Å². The van der Waals surface area contributed by atoms with Gasteiger partial charge in [-0.3, -0.25) is 0 Å². The number of aliphatic hydroxyl groups is 1. The molecule has 1 aliphatic carbocycles. The van der Waals surface area contributed by atoms with Crippen LogP contribution in [0.4, 0.5) is 0 Å². The van der Waals surface area contributed by atoms with Gasteiger partial charge in [0.05, 0.1) is 6.10 Å². The fourth-order valence-corrected chi connectivity index (χ4v) is 2.82. The molecular formula is C11H17NOS. The van der Waals surface area contributed by atoms with Gasteiger partial charge in [0.2, 0.25) is 0 Å². The molecule has 0 bridgehead atoms. The third-order valence-corrected chi connectivity index (χ3v) is 3.97. The summed E-state index contributed by atoms with van der Waals surface area (Å²) in [5.41, 5.74) is 0. The third kappa shape index (κ3) is 2.16. The van der Waals surface area contributed by atoms with Gasteiger partial charge in [-0.25, -0.2) is 0 Å². The zero-order valence-corrected chi connectivity index (χ0v) is 9.26. The van der Waals surface area contributed by atoms with Gasteiger partial charge in [0.1, 0.15) is 0 Å². The van der Waals surface area contributed by atoms with Gasteiger partial charge < -0.3 is 10.4 Å². The zero-order valence-electron chi connectivity index (χ0n) is 8.44. The van der Waals surface area contributed by atoms with Crippen molar-refractivity contribution in [3.05, 3.63) is 22.4 Å².